The minimum atomic E-state index is 0.632. The highest BCUT2D eigenvalue weighted by Gasteiger charge is 2.12. The van der Waals surface area contributed by atoms with Gasteiger partial charge >= 0.3 is 0 Å². The highest BCUT2D eigenvalue weighted by atomic mass is 32.2. The first-order valence-corrected chi connectivity index (χ1v) is 8.00. The fraction of sp³-hybridized carbons (Fsp3) is 0.500. The zero-order valence-corrected chi connectivity index (χ0v) is 13.0. The van der Waals surface area contributed by atoms with Crippen LogP contribution in [0.4, 0.5) is 0 Å². The molecule has 2 aromatic rings. The van der Waals surface area contributed by atoms with Crippen LogP contribution in [0.3, 0.4) is 0 Å². The Morgan fingerprint density at radius 3 is 2.80 bits per heavy atom. The molecule has 0 bridgehead atoms. The van der Waals surface area contributed by atoms with Gasteiger partial charge in [0, 0.05) is 31.4 Å². The van der Waals surface area contributed by atoms with Gasteiger partial charge in [0.05, 0.1) is 6.61 Å². The predicted molar refractivity (Wildman–Crippen MR) is 81.6 cm³/mol. The Morgan fingerprint density at radius 1 is 1.25 bits per heavy atom. The summed E-state index contributed by atoms with van der Waals surface area (Å²) in [5.74, 6) is 3.63. The number of thioether (sulfide) groups is 1. The molecule has 0 unspecified atom stereocenters. The lowest BCUT2D eigenvalue weighted by Crippen LogP contribution is -2.07. The van der Waals surface area contributed by atoms with E-state index in [4.69, 9.17) is 4.74 Å². The van der Waals surface area contributed by atoms with Crippen LogP contribution in [0.15, 0.2) is 18.2 Å². The van der Waals surface area contributed by atoms with Gasteiger partial charge in [-0.2, -0.15) is 16.4 Å². The fourth-order valence-corrected chi connectivity index (χ4v) is 2.26. The molecule has 0 aliphatic rings. The molecule has 2 rings (SSSR count). The molecule has 20 heavy (non-hydrogen) atoms. The van der Waals surface area contributed by atoms with E-state index in [-0.39, 0.29) is 0 Å². The number of ether oxygens (including phenoxy) is 1. The number of nitrogens with zero attached hydrogens (tertiary/aromatic N) is 4. The normalized spacial score (nSPS) is 10.9. The van der Waals surface area contributed by atoms with E-state index >= 15 is 0 Å². The summed E-state index contributed by atoms with van der Waals surface area (Å²) in [4.78, 5) is 9.14. The molecule has 0 radical (unpaired) electrons. The first-order valence-electron chi connectivity index (χ1n) is 6.61. The van der Waals surface area contributed by atoms with E-state index in [1.54, 1.807) is 18.9 Å². The maximum absolute atomic E-state index is 5.09. The third-order valence-electron chi connectivity index (χ3n) is 2.87. The molecule has 2 heterocycles. The van der Waals surface area contributed by atoms with Gasteiger partial charge in [0.1, 0.15) is 5.82 Å². The minimum Gasteiger partial charge on any atom is -0.384 e. The molecule has 0 aliphatic heterocycles. The zero-order chi connectivity index (χ0) is 14.4. The Bertz CT molecular complexity index is 556. The van der Waals surface area contributed by atoms with Gasteiger partial charge in [0.2, 0.25) is 0 Å². The Kier molecular flexibility index (Phi) is 5.55. The van der Waals surface area contributed by atoms with Gasteiger partial charge in [-0.1, -0.05) is 6.07 Å². The van der Waals surface area contributed by atoms with E-state index in [1.165, 1.54) is 0 Å². The van der Waals surface area contributed by atoms with E-state index < -0.39 is 0 Å². The van der Waals surface area contributed by atoms with Crippen molar-refractivity contribution in [2.75, 3.05) is 25.7 Å². The van der Waals surface area contributed by atoms with Crippen molar-refractivity contribution in [2.24, 2.45) is 0 Å². The van der Waals surface area contributed by atoms with E-state index in [0.29, 0.717) is 6.61 Å². The zero-order valence-electron chi connectivity index (χ0n) is 12.2. The molecule has 0 fully saturated rings. The molecular weight excluding hydrogens is 272 g/mol. The van der Waals surface area contributed by atoms with Crippen molar-refractivity contribution in [3.05, 3.63) is 35.5 Å². The molecule has 0 amide bonds. The van der Waals surface area contributed by atoms with Gasteiger partial charge in [-0.25, -0.2) is 9.97 Å². The lowest BCUT2D eigenvalue weighted by Gasteiger charge is -2.04. The molecule has 5 nitrogen and oxygen atoms in total. The smallest absolute Gasteiger partial charge is 0.155 e. The third kappa shape index (κ3) is 3.80. The average Bonchev–Trinajstić information content (AvgIpc) is 2.86. The Morgan fingerprint density at radius 2 is 2.10 bits per heavy atom. The third-order valence-corrected chi connectivity index (χ3v) is 3.48. The molecule has 6 heteroatoms. The maximum atomic E-state index is 5.09. The summed E-state index contributed by atoms with van der Waals surface area (Å²) in [6.45, 7) is 2.61. The number of methoxy groups -OCH3 is 1. The first-order chi connectivity index (χ1) is 9.74. The first kappa shape index (κ1) is 15.0. The number of hydrogen-bond acceptors (Lipinski definition) is 5. The van der Waals surface area contributed by atoms with Crippen LogP contribution in [0.25, 0.3) is 5.82 Å². The molecule has 108 valence electrons. The van der Waals surface area contributed by atoms with Gasteiger partial charge < -0.3 is 4.74 Å². The topological polar surface area (TPSA) is 52.8 Å². The van der Waals surface area contributed by atoms with Crippen molar-refractivity contribution in [2.45, 2.75) is 19.8 Å². The van der Waals surface area contributed by atoms with Gasteiger partial charge in [-0.15, -0.1) is 5.10 Å². The molecule has 0 saturated carbocycles. The number of hydrogen-bond donors (Lipinski definition) is 0. The van der Waals surface area contributed by atoms with E-state index in [0.717, 1.165) is 41.8 Å². The second-order valence-corrected chi connectivity index (χ2v) is 5.46. The molecule has 0 aromatic carbocycles. The Labute approximate surface area is 123 Å². The van der Waals surface area contributed by atoms with Crippen molar-refractivity contribution in [1.82, 2.24) is 19.7 Å². The summed E-state index contributed by atoms with van der Waals surface area (Å²) in [6.07, 6.45) is 3.70. The standard InChI is InChI=1S/C14H20N4OS/c1-11-5-4-6-13(15-11)18-14(8-10-20-3)16-12(17-18)7-9-19-2/h4-6H,7-10H2,1-3H3. The number of aryl methyl sites for hydroxylation is 2. The highest BCUT2D eigenvalue weighted by molar-refractivity contribution is 7.98. The quantitative estimate of drug-likeness (QED) is 0.782. The molecule has 0 N–H and O–H groups in total. The van der Waals surface area contributed by atoms with Crippen molar-refractivity contribution >= 4 is 11.8 Å². The van der Waals surface area contributed by atoms with Crippen molar-refractivity contribution in [3.63, 3.8) is 0 Å². The molecule has 0 aliphatic carbocycles. The van der Waals surface area contributed by atoms with Crippen molar-refractivity contribution in [1.29, 1.82) is 0 Å². The SMILES string of the molecule is COCCc1nc(CCSC)n(-c2cccc(C)n2)n1. The second kappa shape index (κ2) is 7.40. The summed E-state index contributed by atoms with van der Waals surface area (Å²) in [5.41, 5.74) is 0.979. The lowest BCUT2D eigenvalue weighted by atomic mass is 10.3. The van der Waals surface area contributed by atoms with Gasteiger partial charge in [-0.05, 0) is 25.3 Å². The number of aromatic nitrogens is 4. The molecule has 2 aromatic heterocycles. The van der Waals surface area contributed by atoms with Crippen LogP contribution < -0.4 is 0 Å². The molecule has 0 atom stereocenters. The maximum Gasteiger partial charge on any atom is 0.155 e. The Balaban J connectivity index is 2.30. The van der Waals surface area contributed by atoms with Crippen LogP contribution in [0.1, 0.15) is 17.3 Å². The summed E-state index contributed by atoms with van der Waals surface area (Å²) in [5, 5.41) is 4.57. The van der Waals surface area contributed by atoms with Crippen LogP contribution >= 0.6 is 11.8 Å². The van der Waals surface area contributed by atoms with Crippen LogP contribution in [-0.2, 0) is 17.6 Å². The minimum absolute atomic E-state index is 0.632. The van der Waals surface area contributed by atoms with E-state index in [2.05, 4.69) is 21.3 Å². The summed E-state index contributed by atoms with van der Waals surface area (Å²) >= 11 is 1.80. The van der Waals surface area contributed by atoms with E-state index in [9.17, 15) is 0 Å². The highest BCUT2D eigenvalue weighted by Crippen LogP contribution is 2.11. The van der Waals surface area contributed by atoms with Gasteiger partial charge in [0.15, 0.2) is 11.6 Å². The summed E-state index contributed by atoms with van der Waals surface area (Å²) < 4.78 is 6.95. The largest absolute Gasteiger partial charge is 0.384 e. The van der Waals surface area contributed by atoms with E-state index in [1.807, 2.05) is 29.8 Å². The lowest BCUT2D eigenvalue weighted by molar-refractivity contribution is 0.200. The number of rotatable bonds is 7. The van der Waals surface area contributed by atoms with Crippen LogP contribution in [0.2, 0.25) is 0 Å². The number of pyridine rings is 1. The van der Waals surface area contributed by atoms with Crippen molar-refractivity contribution < 1.29 is 4.74 Å². The van der Waals surface area contributed by atoms with Gasteiger partial charge in [-0.3, -0.25) is 0 Å². The van der Waals surface area contributed by atoms with Gasteiger partial charge in [0.25, 0.3) is 0 Å². The second-order valence-electron chi connectivity index (χ2n) is 4.48. The molecule has 0 spiro atoms. The average molecular weight is 292 g/mol. The summed E-state index contributed by atoms with van der Waals surface area (Å²) in [6, 6.07) is 5.94. The van der Waals surface area contributed by atoms with Crippen molar-refractivity contribution in [3.8, 4) is 5.82 Å². The monoisotopic (exact) mass is 292 g/mol. The molecule has 0 saturated heterocycles. The Hall–Kier alpha value is -1.40. The predicted octanol–water partition coefficient (Wildman–Crippen LogP) is 2.07. The fourth-order valence-electron chi connectivity index (χ4n) is 1.88. The summed E-state index contributed by atoms with van der Waals surface area (Å²) in [7, 11) is 1.69. The molecular formula is C14H20N4OS. The van der Waals surface area contributed by atoms with Crippen LogP contribution in [0, 0.1) is 6.92 Å². The van der Waals surface area contributed by atoms with Crippen LogP contribution in [0.5, 0.6) is 0 Å². The van der Waals surface area contributed by atoms with Crippen LogP contribution in [-0.4, -0.2) is 45.5 Å².